The Bertz CT molecular complexity index is 1090. The first-order valence-corrected chi connectivity index (χ1v) is 10.5. The second kappa shape index (κ2) is 10.7. The molecule has 166 valence electrons. The van der Waals surface area contributed by atoms with Crippen molar-refractivity contribution in [1.82, 2.24) is 10.0 Å². The number of amides is 1. The highest BCUT2D eigenvalue weighted by molar-refractivity contribution is 7.89. The van der Waals surface area contributed by atoms with Gasteiger partial charge in [-0.05, 0) is 18.2 Å². The Kier molecular flexibility index (Phi) is 8.30. The van der Waals surface area contributed by atoms with E-state index in [1.807, 2.05) is 4.72 Å². The van der Waals surface area contributed by atoms with Crippen LogP contribution in [-0.2, 0) is 31.0 Å². The van der Waals surface area contributed by atoms with Crippen LogP contribution in [0.15, 0.2) is 47.4 Å². The summed E-state index contributed by atoms with van der Waals surface area (Å²) >= 11 is 5.94. The normalized spacial score (nSPS) is 10.9. The molecule has 2 aromatic carbocycles. The minimum Gasteiger partial charge on any atom is -0.497 e. The van der Waals surface area contributed by atoms with Crippen LogP contribution in [0.3, 0.4) is 0 Å². The number of nitro benzene ring substituents is 1. The molecule has 2 N–H and O–H groups in total. The molecule has 0 fully saturated rings. The van der Waals surface area contributed by atoms with Gasteiger partial charge in [-0.25, -0.2) is 13.1 Å². The Morgan fingerprint density at radius 1 is 1.16 bits per heavy atom. The van der Waals surface area contributed by atoms with Gasteiger partial charge in [0.1, 0.15) is 18.9 Å². The van der Waals surface area contributed by atoms with Gasteiger partial charge in [0.2, 0.25) is 15.9 Å². The van der Waals surface area contributed by atoms with Crippen molar-refractivity contribution in [2.75, 3.05) is 20.2 Å². The lowest BCUT2D eigenvalue weighted by Gasteiger charge is -2.09. The lowest BCUT2D eigenvalue weighted by atomic mass is 10.2. The molecule has 11 nitrogen and oxygen atoms in total. The number of sulfonamides is 1. The molecule has 0 spiro atoms. The second-order valence-electron chi connectivity index (χ2n) is 5.94. The van der Waals surface area contributed by atoms with Crippen LogP contribution < -0.4 is 14.8 Å². The molecule has 13 heteroatoms. The summed E-state index contributed by atoms with van der Waals surface area (Å²) in [5, 5.41) is 13.8. The monoisotopic (exact) mass is 471 g/mol. The molecule has 31 heavy (non-hydrogen) atoms. The van der Waals surface area contributed by atoms with E-state index in [0.717, 1.165) is 12.1 Å². The molecule has 0 aliphatic rings. The minimum atomic E-state index is -4.38. The fraction of sp³-hybridized carbons (Fsp3) is 0.222. The lowest BCUT2D eigenvalue weighted by molar-refractivity contribution is -0.387. The third-order valence-electron chi connectivity index (χ3n) is 3.85. The summed E-state index contributed by atoms with van der Waals surface area (Å²) in [5.74, 6) is -1.50. The summed E-state index contributed by atoms with van der Waals surface area (Å²) in [6.45, 7) is -1.35. The maximum atomic E-state index is 12.4. The van der Waals surface area contributed by atoms with Crippen LogP contribution in [0.5, 0.6) is 5.75 Å². The van der Waals surface area contributed by atoms with E-state index in [2.05, 4.69) is 5.32 Å². The van der Waals surface area contributed by atoms with Gasteiger partial charge in [-0.2, -0.15) is 0 Å². The van der Waals surface area contributed by atoms with E-state index in [-0.39, 0.29) is 12.4 Å². The van der Waals surface area contributed by atoms with E-state index < -0.39 is 50.5 Å². The fourth-order valence-electron chi connectivity index (χ4n) is 2.29. The predicted octanol–water partition coefficient (Wildman–Crippen LogP) is 1.39. The highest BCUT2D eigenvalue weighted by Crippen LogP contribution is 2.28. The summed E-state index contributed by atoms with van der Waals surface area (Å²) in [7, 11) is -3.11. The predicted molar refractivity (Wildman–Crippen MR) is 109 cm³/mol. The average Bonchev–Trinajstić information content (AvgIpc) is 2.75. The maximum Gasteiger partial charge on any atom is 0.325 e. The highest BCUT2D eigenvalue weighted by atomic mass is 35.5. The van der Waals surface area contributed by atoms with Crippen molar-refractivity contribution in [1.29, 1.82) is 0 Å². The van der Waals surface area contributed by atoms with E-state index in [0.29, 0.717) is 10.6 Å². The van der Waals surface area contributed by atoms with Crippen LogP contribution in [0.1, 0.15) is 5.56 Å². The molecule has 0 atom stereocenters. The number of benzene rings is 2. The number of carbonyl (C=O) groups excluding carboxylic acids is 2. The first-order chi connectivity index (χ1) is 14.6. The number of carbonyl (C=O) groups is 2. The molecule has 0 saturated carbocycles. The molecule has 0 aromatic heterocycles. The van der Waals surface area contributed by atoms with Crippen LogP contribution >= 0.6 is 11.6 Å². The standard InChI is InChI=1S/C18H18ClN3O8S/c1-29-13-6-7-16(15(8-13)22(25)26)31(27,28)21-9-17(23)20-10-18(24)30-11-12-4-2-3-5-14(12)19/h2-8,21H,9-11H2,1H3,(H,20,23). The van der Waals surface area contributed by atoms with Gasteiger partial charge in [-0.3, -0.25) is 19.7 Å². The number of halogens is 1. The molecule has 1 amide bonds. The van der Waals surface area contributed by atoms with Crippen molar-refractivity contribution in [3.05, 3.63) is 63.2 Å². The number of nitrogens with zero attached hydrogens (tertiary/aromatic N) is 1. The van der Waals surface area contributed by atoms with Crippen molar-refractivity contribution in [2.24, 2.45) is 0 Å². The molecule has 0 radical (unpaired) electrons. The summed E-state index contributed by atoms with van der Waals surface area (Å²) in [4.78, 5) is 33.2. The van der Waals surface area contributed by atoms with E-state index >= 15 is 0 Å². The summed E-state index contributed by atoms with van der Waals surface area (Å²) in [6.07, 6.45) is 0. The number of methoxy groups -OCH3 is 1. The van der Waals surface area contributed by atoms with Crippen LogP contribution in [0.25, 0.3) is 0 Å². The van der Waals surface area contributed by atoms with Crippen LogP contribution in [0.4, 0.5) is 5.69 Å². The van der Waals surface area contributed by atoms with Crippen molar-refractivity contribution in [3.8, 4) is 5.75 Å². The molecule has 2 rings (SSSR count). The quantitative estimate of drug-likeness (QED) is 0.299. The molecular weight excluding hydrogens is 454 g/mol. The zero-order valence-electron chi connectivity index (χ0n) is 16.2. The molecule has 0 bridgehead atoms. The maximum absolute atomic E-state index is 12.4. The molecule has 2 aromatic rings. The average molecular weight is 472 g/mol. The van der Waals surface area contributed by atoms with E-state index in [1.165, 1.54) is 13.2 Å². The Balaban J connectivity index is 1.88. The number of hydrogen-bond donors (Lipinski definition) is 2. The van der Waals surface area contributed by atoms with E-state index in [9.17, 15) is 28.1 Å². The van der Waals surface area contributed by atoms with Gasteiger partial charge < -0.3 is 14.8 Å². The van der Waals surface area contributed by atoms with Gasteiger partial charge in [-0.1, -0.05) is 29.8 Å². The minimum absolute atomic E-state index is 0.0951. The third kappa shape index (κ3) is 6.91. The van der Waals surface area contributed by atoms with Crippen molar-refractivity contribution >= 4 is 39.2 Å². The van der Waals surface area contributed by atoms with Gasteiger partial charge in [-0.15, -0.1) is 0 Å². The smallest absolute Gasteiger partial charge is 0.325 e. The van der Waals surface area contributed by atoms with Gasteiger partial charge in [0.15, 0.2) is 4.90 Å². The number of nitrogens with one attached hydrogen (secondary N) is 2. The third-order valence-corrected chi connectivity index (χ3v) is 5.67. The molecular formula is C18H18ClN3O8S. The van der Waals surface area contributed by atoms with Crippen LogP contribution in [0.2, 0.25) is 5.02 Å². The zero-order valence-corrected chi connectivity index (χ0v) is 17.7. The van der Waals surface area contributed by atoms with E-state index in [1.54, 1.807) is 24.3 Å². The summed E-state index contributed by atoms with van der Waals surface area (Å²) in [5.41, 5.74) is -0.131. The molecule has 0 heterocycles. The summed E-state index contributed by atoms with van der Waals surface area (Å²) < 4.78 is 36.5. The number of rotatable bonds is 10. The van der Waals surface area contributed by atoms with Gasteiger partial charge >= 0.3 is 5.97 Å². The molecule has 0 unspecified atom stereocenters. The van der Waals surface area contributed by atoms with Gasteiger partial charge in [0, 0.05) is 10.6 Å². The van der Waals surface area contributed by atoms with Gasteiger partial charge in [0.05, 0.1) is 24.6 Å². The molecule has 0 aliphatic heterocycles. The van der Waals surface area contributed by atoms with Crippen molar-refractivity contribution < 1.29 is 32.4 Å². The first-order valence-electron chi connectivity index (χ1n) is 8.62. The largest absolute Gasteiger partial charge is 0.497 e. The highest BCUT2D eigenvalue weighted by Gasteiger charge is 2.27. The zero-order chi connectivity index (χ0) is 23.0. The van der Waals surface area contributed by atoms with Crippen LogP contribution in [-0.4, -0.2) is 45.4 Å². The van der Waals surface area contributed by atoms with Crippen molar-refractivity contribution in [3.63, 3.8) is 0 Å². The topological polar surface area (TPSA) is 154 Å². The summed E-state index contributed by atoms with van der Waals surface area (Å²) in [6, 6.07) is 9.90. The van der Waals surface area contributed by atoms with E-state index in [4.69, 9.17) is 21.1 Å². The fourth-order valence-corrected chi connectivity index (χ4v) is 3.61. The number of hydrogen-bond acceptors (Lipinski definition) is 8. The Hall–Kier alpha value is -3.22. The lowest BCUT2D eigenvalue weighted by Crippen LogP contribution is -2.39. The molecule has 0 saturated heterocycles. The molecule has 0 aliphatic carbocycles. The SMILES string of the molecule is COc1ccc(S(=O)(=O)NCC(=O)NCC(=O)OCc2ccccc2Cl)c([N+](=O)[O-])c1. The Morgan fingerprint density at radius 3 is 2.52 bits per heavy atom. The van der Waals surface area contributed by atoms with Crippen LogP contribution in [0, 0.1) is 10.1 Å². The Labute approximate surface area is 182 Å². The number of ether oxygens (including phenoxy) is 2. The van der Waals surface area contributed by atoms with Gasteiger partial charge in [0.25, 0.3) is 5.69 Å². The van der Waals surface area contributed by atoms with Crippen molar-refractivity contribution in [2.45, 2.75) is 11.5 Å². The Morgan fingerprint density at radius 2 is 1.87 bits per heavy atom. The first kappa shape index (κ1) is 24.1. The second-order valence-corrected chi connectivity index (χ2v) is 8.09. The number of nitro groups is 1. The number of esters is 1.